The molecule has 3 heteroatoms. The zero-order valence-corrected chi connectivity index (χ0v) is 12.8. The minimum atomic E-state index is -0.388. The Kier molecular flexibility index (Phi) is 4.81. The third-order valence-corrected chi connectivity index (χ3v) is 4.39. The van der Waals surface area contributed by atoms with Crippen LogP contribution < -0.4 is 4.74 Å². The highest BCUT2D eigenvalue weighted by atomic mass is 16.5. The van der Waals surface area contributed by atoms with Gasteiger partial charge in [0.2, 0.25) is 0 Å². The molecule has 0 saturated carbocycles. The number of Topliss-reactive ketones (excluding diaryl/α,β-unsaturated/α-hetero) is 1. The molecule has 3 nitrogen and oxygen atoms in total. The van der Waals surface area contributed by atoms with Crippen LogP contribution in [0.25, 0.3) is 0 Å². The highest BCUT2D eigenvalue weighted by molar-refractivity contribution is 6.03. The summed E-state index contributed by atoms with van der Waals surface area (Å²) in [6.07, 6.45) is 3.23. The van der Waals surface area contributed by atoms with E-state index in [0.717, 1.165) is 30.8 Å². The van der Waals surface area contributed by atoms with Crippen LogP contribution in [-0.2, 0) is 0 Å². The topological polar surface area (TPSA) is 29.5 Å². The van der Waals surface area contributed by atoms with E-state index in [4.69, 9.17) is 4.74 Å². The van der Waals surface area contributed by atoms with Gasteiger partial charge in [0, 0.05) is 5.56 Å². The van der Waals surface area contributed by atoms with Crippen molar-refractivity contribution in [3.63, 3.8) is 0 Å². The summed E-state index contributed by atoms with van der Waals surface area (Å²) in [6, 6.07) is 7.57. The number of hydrogen-bond acceptors (Lipinski definition) is 3. The van der Waals surface area contributed by atoms with Crippen molar-refractivity contribution in [2.45, 2.75) is 45.6 Å². The standard InChI is InChI=1S/C17H25NO2/c1-4-17(3,18-11-6-7-12-18)16(19)14-9-8-10-15(13-14)20-5-2/h8-10,13H,4-7,11-12H2,1-3H3. The molecule has 1 aliphatic rings. The average Bonchev–Trinajstić information content (AvgIpc) is 3.01. The molecule has 1 aliphatic heterocycles. The Morgan fingerprint density at radius 2 is 2.00 bits per heavy atom. The van der Waals surface area contributed by atoms with E-state index in [2.05, 4.69) is 18.7 Å². The molecule has 0 bridgehead atoms. The summed E-state index contributed by atoms with van der Waals surface area (Å²) in [5, 5.41) is 0. The monoisotopic (exact) mass is 275 g/mol. The minimum Gasteiger partial charge on any atom is -0.494 e. The Hall–Kier alpha value is -1.35. The normalized spacial score (nSPS) is 18.8. The molecule has 20 heavy (non-hydrogen) atoms. The molecule has 1 aromatic rings. The van der Waals surface area contributed by atoms with Crippen LogP contribution in [-0.4, -0.2) is 35.9 Å². The highest BCUT2D eigenvalue weighted by Crippen LogP contribution is 2.29. The smallest absolute Gasteiger partial charge is 0.182 e. The summed E-state index contributed by atoms with van der Waals surface area (Å²) in [7, 11) is 0. The van der Waals surface area contributed by atoms with Crippen molar-refractivity contribution >= 4 is 5.78 Å². The van der Waals surface area contributed by atoms with Crippen molar-refractivity contribution in [3.05, 3.63) is 29.8 Å². The van der Waals surface area contributed by atoms with Crippen molar-refractivity contribution in [2.24, 2.45) is 0 Å². The number of likely N-dealkylation sites (tertiary alicyclic amines) is 1. The van der Waals surface area contributed by atoms with Gasteiger partial charge >= 0.3 is 0 Å². The van der Waals surface area contributed by atoms with Gasteiger partial charge in [-0.05, 0) is 58.3 Å². The molecule has 0 spiro atoms. The van der Waals surface area contributed by atoms with Crippen LogP contribution in [0.1, 0.15) is 50.4 Å². The fourth-order valence-electron chi connectivity index (χ4n) is 2.94. The van der Waals surface area contributed by atoms with Gasteiger partial charge in [-0.2, -0.15) is 0 Å². The summed E-state index contributed by atoms with van der Waals surface area (Å²) in [5.41, 5.74) is 0.369. The van der Waals surface area contributed by atoms with E-state index in [1.165, 1.54) is 12.8 Å². The fraction of sp³-hybridized carbons (Fsp3) is 0.588. The van der Waals surface area contributed by atoms with Crippen LogP contribution in [0.5, 0.6) is 5.75 Å². The van der Waals surface area contributed by atoms with Crippen LogP contribution in [0.2, 0.25) is 0 Å². The van der Waals surface area contributed by atoms with E-state index in [1.54, 1.807) is 0 Å². The zero-order valence-electron chi connectivity index (χ0n) is 12.8. The second-order valence-corrected chi connectivity index (χ2v) is 5.61. The molecule has 0 amide bonds. The van der Waals surface area contributed by atoms with Gasteiger partial charge in [0.05, 0.1) is 12.1 Å². The van der Waals surface area contributed by atoms with Gasteiger partial charge < -0.3 is 4.74 Å². The fourth-order valence-corrected chi connectivity index (χ4v) is 2.94. The van der Waals surface area contributed by atoms with Gasteiger partial charge in [-0.3, -0.25) is 9.69 Å². The van der Waals surface area contributed by atoms with Gasteiger partial charge in [-0.15, -0.1) is 0 Å². The molecular weight excluding hydrogens is 250 g/mol. The Morgan fingerprint density at radius 3 is 2.60 bits per heavy atom. The van der Waals surface area contributed by atoms with E-state index < -0.39 is 0 Å². The Morgan fingerprint density at radius 1 is 1.30 bits per heavy atom. The van der Waals surface area contributed by atoms with E-state index in [9.17, 15) is 4.79 Å². The SMILES string of the molecule is CCOc1cccc(C(=O)C(C)(CC)N2CCCC2)c1. The van der Waals surface area contributed by atoms with Gasteiger partial charge in [-0.1, -0.05) is 19.1 Å². The number of ketones is 1. The molecule has 1 aromatic carbocycles. The lowest BCUT2D eigenvalue weighted by atomic mass is 9.87. The number of ether oxygens (including phenoxy) is 1. The summed E-state index contributed by atoms with van der Waals surface area (Å²) in [4.78, 5) is 15.3. The second-order valence-electron chi connectivity index (χ2n) is 5.61. The first kappa shape index (κ1) is 15.0. The third kappa shape index (κ3) is 2.88. The molecule has 1 atom stereocenters. The average molecular weight is 275 g/mol. The van der Waals surface area contributed by atoms with E-state index in [1.807, 2.05) is 31.2 Å². The van der Waals surface area contributed by atoms with Gasteiger partial charge in [0.1, 0.15) is 5.75 Å². The second kappa shape index (κ2) is 6.40. The lowest BCUT2D eigenvalue weighted by Crippen LogP contribution is -2.50. The summed E-state index contributed by atoms with van der Waals surface area (Å²) >= 11 is 0. The summed E-state index contributed by atoms with van der Waals surface area (Å²) < 4.78 is 5.50. The number of benzene rings is 1. The van der Waals surface area contributed by atoms with Crippen LogP contribution in [0.3, 0.4) is 0 Å². The van der Waals surface area contributed by atoms with Crippen molar-refractivity contribution in [1.82, 2.24) is 4.90 Å². The van der Waals surface area contributed by atoms with Crippen molar-refractivity contribution in [2.75, 3.05) is 19.7 Å². The van der Waals surface area contributed by atoms with Gasteiger partial charge in [-0.25, -0.2) is 0 Å². The molecule has 1 fully saturated rings. The highest BCUT2D eigenvalue weighted by Gasteiger charge is 2.39. The van der Waals surface area contributed by atoms with E-state index >= 15 is 0 Å². The van der Waals surface area contributed by atoms with Gasteiger partial charge in [0.25, 0.3) is 0 Å². The first-order valence-corrected chi connectivity index (χ1v) is 7.64. The van der Waals surface area contributed by atoms with Crippen molar-refractivity contribution in [1.29, 1.82) is 0 Å². The molecule has 2 rings (SSSR count). The number of rotatable bonds is 6. The molecule has 0 aromatic heterocycles. The molecule has 0 aliphatic carbocycles. The maximum atomic E-state index is 12.9. The predicted octanol–water partition coefficient (Wildman–Crippen LogP) is 3.53. The lowest BCUT2D eigenvalue weighted by molar-refractivity contribution is 0.0647. The lowest BCUT2D eigenvalue weighted by Gasteiger charge is -2.36. The minimum absolute atomic E-state index is 0.212. The molecule has 0 radical (unpaired) electrons. The van der Waals surface area contributed by atoms with Crippen LogP contribution in [0, 0.1) is 0 Å². The molecule has 0 N–H and O–H groups in total. The number of hydrogen-bond donors (Lipinski definition) is 0. The molecular formula is C17H25NO2. The molecule has 1 heterocycles. The quantitative estimate of drug-likeness (QED) is 0.744. The first-order chi connectivity index (χ1) is 9.61. The largest absolute Gasteiger partial charge is 0.494 e. The predicted molar refractivity (Wildman–Crippen MR) is 81.4 cm³/mol. The third-order valence-electron chi connectivity index (χ3n) is 4.39. The maximum absolute atomic E-state index is 12.9. The van der Waals surface area contributed by atoms with Crippen LogP contribution >= 0.6 is 0 Å². The van der Waals surface area contributed by atoms with E-state index in [0.29, 0.717) is 6.61 Å². The zero-order chi connectivity index (χ0) is 14.6. The first-order valence-electron chi connectivity index (χ1n) is 7.64. The maximum Gasteiger partial charge on any atom is 0.182 e. The Balaban J connectivity index is 2.25. The molecule has 1 unspecified atom stereocenters. The Labute approximate surface area is 121 Å². The molecule has 110 valence electrons. The van der Waals surface area contributed by atoms with Crippen molar-refractivity contribution in [3.8, 4) is 5.75 Å². The summed E-state index contributed by atoms with van der Waals surface area (Å²) in [5.74, 6) is 0.988. The van der Waals surface area contributed by atoms with Crippen molar-refractivity contribution < 1.29 is 9.53 Å². The number of nitrogens with zero attached hydrogens (tertiary/aromatic N) is 1. The number of carbonyl (C=O) groups is 1. The molecule has 1 saturated heterocycles. The van der Waals surface area contributed by atoms with Gasteiger partial charge in [0.15, 0.2) is 5.78 Å². The number of carbonyl (C=O) groups excluding carboxylic acids is 1. The van der Waals surface area contributed by atoms with Crippen LogP contribution in [0.4, 0.5) is 0 Å². The Bertz CT molecular complexity index is 466. The van der Waals surface area contributed by atoms with Crippen LogP contribution in [0.15, 0.2) is 24.3 Å². The van der Waals surface area contributed by atoms with E-state index in [-0.39, 0.29) is 11.3 Å². The summed E-state index contributed by atoms with van der Waals surface area (Å²) in [6.45, 7) is 8.81.